The smallest absolute Gasteiger partial charge is 0.191 e. The van der Waals surface area contributed by atoms with E-state index in [-0.39, 0.29) is 6.10 Å². The number of benzene rings is 2. The maximum absolute atomic E-state index is 9.62. The highest BCUT2D eigenvalue weighted by atomic mass is 16.3. The lowest BCUT2D eigenvalue weighted by atomic mass is 10.1. The predicted octanol–water partition coefficient (Wildman–Crippen LogP) is 2.55. The van der Waals surface area contributed by atoms with Crippen LogP contribution in [0.4, 0.5) is 0 Å². The fraction of sp³-hybridized carbons (Fsp3) is 0.435. The van der Waals surface area contributed by atoms with Crippen LogP contribution in [0.1, 0.15) is 29.5 Å². The molecule has 0 saturated carbocycles. The van der Waals surface area contributed by atoms with Gasteiger partial charge in [-0.05, 0) is 36.0 Å². The van der Waals surface area contributed by atoms with Crippen LogP contribution in [-0.2, 0) is 19.5 Å². The number of nitrogens with zero attached hydrogens (tertiary/aromatic N) is 2. The molecule has 0 amide bonds. The van der Waals surface area contributed by atoms with E-state index in [4.69, 9.17) is 0 Å². The van der Waals surface area contributed by atoms with Crippen LogP contribution in [-0.4, -0.2) is 48.8 Å². The van der Waals surface area contributed by atoms with Crippen LogP contribution in [0, 0.1) is 0 Å². The first-order valence-corrected chi connectivity index (χ1v) is 10.2. The standard InChI is InChI=1S/C23H32N4O/c1-24-23(25-14-11-19-5-3-2-4-6-19)26-17-20-7-9-21(10-8-20)18-27-15-12-22(28)13-16-27/h2-10,22,28H,11-18H2,1H3,(H2,24,25,26). The molecular formula is C23H32N4O. The number of guanidine groups is 1. The summed E-state index contributed by atoms with van der Waals surface area (Å²) in [6.45, 7) is 4.53. The molecule has 0 unspecified atom stereocenters. The highest BCUT2D eigenvalue weighted by molar-refractivity contribution is 5.79. The van der Waals surface area contributed by atoms with Gasteiger partial charge in [0.05, 0.1) is 6.10 Å². The van der Waals surface area contributed by atoms with Gasteiger partial charge in [0.1, 0.15) is 0 Å². The summed E-state index contributed by atoms with van der Waals surface area (Å²) in [5.41, 5.74) is 3.89. The Morgan fingerprint density at radius 1 is 0.964 bits per heavy atom. The van der Waals surface area contributed by atoms with E-state index in [1.165, 1.54) is 16.7 Å². The van der Waals surface area contributed by atoms with Crippen molar-refractivity contribution < 1.29 is 5.11 Å². The Bertz CT molecular complexity index is 722. The van der Waals surface area contributed by atoms with Crippen molar-refractivity contribution >= 4 is 5.96 Å². The Hall–Kier alpha value is -2.37. The maximum Gasteiger partial charge on any atom is 0.191 e. The summed E-state index contributed by atoms with van der Waals surface area (Å²) in [6.07, 6.45) is 2.64. The molecule has 0 atom stereocenters. The monoisotopic (exact) mass is 380 g/mol. The molecule has 28 heavy (non-hydrogen) atoms. The number of likely N-dealkylation sites (tertiary alicyclic amines) is 1. The summed E-state index contributed by atoms with van der Waals surface area (Å²) >= 11 is 0. The third-order valence-electron chi connectivity index (χ3n) is 5.22. The molecule has 2 aromatic carbocycles. The van der Waals surface area contributed by atoms with E-state index in [0.717, 1.165) is 57.9 Å². The van der Waals surface area contributed by atoms with Crippen molar-refractivity contribution in [2.45, 2.75) is 38.5 Å². The van der Waals surface area contributed by atoms with E-state index in [2.05, 4.69) is 69.1 Å². The lowest BCUT2D eigenvalue weighted by Crippen LogP contribution is -2.37. The first-order chi connectivity index (χ1) is 13.7. The fourth-order valence-corrected chi connectivity index (χ4v) is 3.47. The summed E-state index contributed by atoms with van der Waals surface area (Å²) in [5.74, 6) is 0.826. The second-order valence-electron chi connectivity index (χ2n) is 7.41. The van der Waals surface area contributed by atoms with E-state index >= 15 is 0 Å². The lowest BCUT2D eigenvalue weighted by molar-refractivity contribution is 0.0792. The second-order valence-corrected chi connectivity index (χ2v) is 7.41. The van der Waals surface area contributed by atoms with Gasteiger partial charge in [-0.15, -0.1) is 0 Å². The topological polar surface area (TPSA) is 59.9 Å². The molecule has 1 aliphatic heterocycles. The summed E-state index contributed by atoms with van der Waals surface area (Å²) in [6, 6.07) is 19.2. The number of aliphatic imine (C=N–C) groups is 1. The normalized spacial score (nSPS) is 16.1. The second kappa shape index (κ2) is 10.8. The average Bonchev–Trinajstić information content (AvgIpc) is 2.74. The zero-order chi connectivity index (χ0) is 19.6. The Morgan fingerprint density at radius 2 is 1.64 bits per heavy atom. The number of hydrogen-bond acceptors (Lipinski definition) is 3. The number of rotatable bonds is 7. The third-order valence-corrected chi connectivity index (χ3v) is 5.22. The Morgan fingerprint density at radius 3 is 2.32 bits per heavy atom. The van der Waals surface area contributed by atoms with E-state index in [0.29, 0.717) is 0 Å². The number of aliphatic hydroxyl groups excluding tert-OH is 1. The third kappa shape index (κ3) is 6.66. The molecule has 5 nitrogen and oxygen atoms in total. The van der Waals surface area contributed by atoms with E-state index < -0.39 is 0 Å². The molecule has 1 aliphatic rings. The quantitative estimate of drug-likeness (QED) is 0.510. The van der Waals surface area contributed by atoms with Gasteiger partial charge in [-0.3, -0.25) is 9.89 Å². The minimum atomic E-state index is -0.111. The van der Waals surface area contributed by atoms with Gasteiger partial charge in [0, 0.05) is 39.8 Å². The van der Waals surface area contributed by atoms with Crippen molar-refractivity contribution in [3.63, 3.8) is 0 Å². The molecule has 0 radical (unpaired) electrons. The van der Waals surface area contributed by atoms with Gasteiger partial charge in [0.25, 0.3) is 0 Å². The molecule has 0 spiro atoms. The lowest BCUT2D eigenvalue weighted by Gasteiger charge is -2.29. The van der Waals surface area contributed by atoms with E-state index in [1.807, 2.05) is 6.07 Å². The highest BCUT2D eigenvalue weighted by Crippen LogP contribution is 2.14. The van der Waals surface area contributed by atoms with Gasteiger partial charge in [-0.2, -0.15) is 0 Å². The Balaban J connectivity index is 1.39. The van der Waals surface area contributed by atoms with Crippen LogP contribution >= 0.6 is 0 Å². The molecule has 3 N–H and O–H groups in total. The van der Waals surface area contributed by atoms with Crippen molar-refractivity contribution in [1.82, 2.24) is 15.5 Å². The molecule has 3 rings (SSSR count). The van der Waals surface area contributed by atoms with Crippen LogP contribution < -0.4 is 10.6 Å². The highest BCUT2D eigenvalue weighted by Gasteiger charge is 2.16. The zero-order valence-electron chi connectivity index (χ0n) is 16.8. The molecule has 5 heteroatoms. The Labute approximate surface area is 168 Å². The number of hydrogen-bond donors (Lipinski definition) is 3. The van der Waals surface area contributed by atoms with Gasteiger partial charge in [0.15, 0.2) is 5.96 Å². The van der Waals surface area contributed by atoms with Crippen molar-refractivity contribution in [2.75, 3.05) is 26.7 Å². The van der Waals surface area contributed by atoms with Crippen LogP contribution in [0.15, 0.2) is 59.6 Å². The minimum absolute atomic E-state index is 0.111. The zero-order valence-corrected chi connectivity index (χ0v) is 16.8. The molecule has 150 valence electrons. The molecule has 0 bridgehead atoms. The SMILES string of the molecule is CN=C(NCCc1ccccc1)NCc1ccc(CN2CCC(O)CC2)cc1. The average molecular weight is 381 g/mol. The summed E-state index contributed by atoms with van der Waals surface area (Å²) < 4.78 is 0. The fourth-order valence-electron chi connectivity index (χ4n) is 3.47. The molecule has 1 saturated heterocycles. The predicted molar refractivity (Wildman–Crippen MR) is 115 cm³/mol. The summed E-state index contributed by atoms with van der Waals surface area (Å²) in [4.78, 5) is 6.72. The van der Waals surface area contributed by atoms with Gasteiger partial charge in [0.2, 0.25) is 0 Å². The first kappa shape index (κ1) is 20.4. The van der Waals surface area contributed by atoms with Crippen LogP contribution in [0.3, 0.4) is 0 Å². The number of piperidine rings is 1. The van der Waals surface area contributed by atoms with Crippen LogP contribution in [0.25, 0.3) is 0 Å². The van der Waals surface area contributed by atoms with E-state index in [9.17, 15) is 5.11 Å². The van der Waals surface area contributed by atoms with Crippen LogP contribution in [0.5, 0.6) is 0 Å². The van der Waals surface area contributed by atoms with Crippen LogP contribution in [0.2, 0.25) is 0 Å². The van der Waals surface area contributed by atoms with Gasteiger partial charge in [-0.25, -0.2) is 0 Å². The summed E-state index contributed by atoms with van der Waals surface area (Å²) in [7, 11) is 1.80. The molecule has 0 aliphatic carbocycles. The molecule has 1 heterocycles. The summed E-state index contributed by atoms with van der Waals surface area (Å²) in [5, 5.41) is 16.4. The maximum atomic E-state index is 9.62. The van der Waals surface area contributed by atoms with Gasteiger partial charge in [-0.1, -0.05) is 54.6 Å². The van der Waals surface area contributed by atoms with Gasteiger partial charge >= 0.3 is 0 Å². The minimum Gasteiger partial charge on any atom is -0.393 e. The van der Waals surface area contributed by atoms with Crippen molar-refractivity contribution in [1.29, 1.82) is 0 Å². The molecule has 1 fully saturated rings. The van der Waals surface area contributed by atoms with E-state index in [1.54, 1.807) is 7.05 Å². The largest absolute Gasteiger partial charge is 0.393 e. The molecular weight excluding hydrogens is 348 g/mol. The van der Waals surface area contributed by atoms with Crippen molar-refractivity contribution in [2.24, 2.45) is 4.99 Å². The number of aliphatic hydroxyl groups is 1. The number of nitrogens with one attached hydrogen (secondary N) is 2. The first-order valence-electron chi connectivity index (χ1n) is 10.2. The molecule has 0 aromatic heterocycles. The molecule has 2 aromatic rings. The van der Waals surface area contributed by atoms with Crippen molar-refractivity contribution in [3.8, 4) is 0 Å². The van der Waals surface area contributed by atoms with Gasteiger partial charge < -0.3 is 15.7 Å². The Kier molecular flexibility index (Phi) is 7.88. The van der Waals surface area contributed by atoms with Crippen molar-refractivity contribution in [3.05, 3.63) is 71.3 Å².